The lowest BCUT2D eigenvalue weighted by molar-refractivity contribution is -0.145. The maximum Gasteiger partial charge on any atom is 0.313 e. The minimum atomic E-state index is -0.455. The topological polar surface area (TPSA) is 43.4 Å². The summed E-state index contributed by atoms with van der Waals surface area (Å²) in [7, 11) is 0. The number of carbonyl (C=O) groups is 2. The molecule has 0 unspecified atom stereocenters. The largest absolute Gasteiger partial charge is 0.466 e. The van der Waals surface area contributed by atoms with Crippen LogP contribution in [-0.2, 0) is 20.7 Å². The van der Waals surface area contributed by atoms with Crippen LogP contribution in [0, 0.1) is 0 Å². The standard InChI is InChI=1S/C18H18O3/c1-2-21-18(20)13-17(19)12-14-8-10-16(11-9-14)15-6-4-3-5-7-15/h3-11H,2,12-13H2,1H3. The van der Waals surface area contributed by atoms with E-state index in [9.17, 15) is 9.59 Å². The lowest BCUT2D eigenvalue weighted by Gasteiger charge is -2.04. The van der Waals surface area contributed by atoms with Crippen molar-refractivity contribution in [2.75, 3.05) is 6.61 Å². The van der Waals surface area contributed by atoms with Gasteiger partial charge in [0.25, 0.3) is 0 Å². The van der Waals surface area contributed by atoms with Gasteiger partial charge in [-0.05, 0) is 23.6 Å². The summed E-state index contributed by atoms with van der Waals surface area (Å²) < 4.78 is 4.77. The number of ketones is 1. The van der Waals surface area contributed by atoms with Crippen LogP contribution in [0.3, 0.4) is 0 Å². The first-order valence-corrected chi connectivity index (χ1v) is 7.00. The van der Waals surface area contributed by atoms with Crippen molar-refractivity contribution in [2.24, 2.45) is 0 Å². The molecular formula is C18H18O3. The number of esters is 1. The third-order valence-electron chi connectivity index (χ3n) is 3.11. The Balaban J connectivity index is 1.97. The molecule has 0 aromatic heterocycles. The van der Waals surface area contributed by atoms with Crippen molar-refractivity contribution >= 4 is 11.8 Å². The minimum absolute atomic E-state index is 0.124. The van der Waals surface area contributed by atoms with E-state index in [1.807, 2.05) is 54.6 Å². The Bertz CT molecular complexity index is 600. The first-order valence-electron chi connectivity index (χ1n) is 7.00. The van der Waals surface area contributed by atoms with E-state index in [0.29, 0.717) is 6.61 Å². The predicted octanol–water partition coefficient (Wildman–Crippen LogP) is 3.42. The van der Waals surface area contributed by atoms with E-state index in [1.54, 1.807) is 6.92 Å². The van der Waals surface area contributed by atoms with Gasteiger partial charge in [-0.1, -0.05) is 54.6 Å². The van der Waals surface area contributed by atoms with E-state index >= 15 is 0 Å². The maximum atomic E-state index is 11.8. The molecule has 108 valence electrons. The highest BCUT2D eigenvalue weighted by molar-refractivity contribution is 5.96. The highest BCUT2D eigenvalue weighted by Gasteiger charge is 2.11. The lowest BCUT2D eigenvalue weighted by Crippen LogP contribution is -2.12. The van der Waals surface area contributed by atoms with Gasteiger partial charge in [0.1, 0.15) is 12.2 Å². The molecule has 0 aliphatic heterocycles. The van der Waals surface area contributed by atoms with Crippen molar-refractivity contribution in [1.29, 1.82) is 0 Å². The zero-order chi connectivity index (χ0) is 15.1. The second kappa shape index (κ2) is 7.39. The number of benzene rings is 2. The van der Waals surface area contributed by atoms with Crippen LogP contribution in [0.25, 0.3) is 11.1 Å². The minimum Gasteiger partial charge on any atom is -0.466 e. The smallest absolute Gasteiger partial charge is 0.313 e. The quantitative estimate of drug-likeness (QED) is 0.602. The van der Waals surface area contributed by atoms with Gasteiger partial charge in [0.2, 0.25) is 0 Å². The van der Waals surface area contributed by atoms with E-state index in [4.69, 9.17) is 4.74 Å². The van der Waals surface area contributed by atoms with Crippen molar-refractivity contribution in [3.63, 3.8) is 0 Å². The molecule has 0 bridgehead atoms. The number of carbonyl (C=O) groups excluding carboxylic acids is 2. The zero-order valence-electron chi connectivity index (χ0n) is 12.0. The Kier molecular flexibility index (Phi) is 5.27. The molecule has 0 saturated heterocycles. The summed E-state index contributed by atoms with van der Waals surface area (Å²) in [5, 5.41) is 0. The fourth-order valence-electron chi connectivity index (χ4n) is 2.11. The molecule has 0 aliphatic rings. The summed E-state index contributed by atoms with van der Waals surface area (Å²) in [6, 6.07) is 17.9. The molecule has 0 saturated carbocycles. The van der Waals surface area contributed by atoms with Crippen molar-refractivity contribution in [2.45, 2.75) is 19.8 Å². The molecule has 0 atom stereocenters. The summed E-state index contributed by atoms with van der Waals surface area (Å²) in [5.74, 6) is -0.579. The normalized spacial score (nSPS) is 10.1. The molecule has 2 aromatic carbocycles. The molecule has 0 fully saturated rings. The zero-order valence-corrected chi connectivity index (χ0v) is 12.0. The van der Waals surface area contributed by atoms with Crippen LogP contribution in [0.15, 0.2) is 54.6 Å². The molecule has 21 heavy (non-hydrogen) atoms. The molecule has 3 heteroatoms. The van der Waals surface area contributed by atoms with Crippen molar-refractivity contribution < 1.29 is 14.3 Å². The fraction of sp³-hybridized carbons (Fsp3) is 0.222. The van der Waals surface area contributed by atoms with Gasteiger partial charge in [-0.3, -0.25) is 9.59 Å². The highest BCUT2D eigenvalue weighted by Crippen LogP contribution is 2.19. The summed E-state index contributed by atoms with van der Waals surface area (Å²) in [4.78, 5) is 23.0. The Hall–Kier alpha value is -2.42. The van der Waals surface area contributed by atoms with Gasteiger partial charge in [0.15, 0.2) is 0 Å². The van der Waals surface area contributed by atoms with E-state index in [2.05, 4.69) is 0 Å². The number of hydrogen-bond donors (Lipinski definition) is 0. The molecule has 0 heterocycles. The first kappa shape index (κ1) is 15.0. The summed E-state index contributed by atoms with van der Waals surface area (Å²) in [6.07, 6.45) is 0.0994. The third kappa shape index (κ3) is 4.56. The molecule has 3 nitrogen and oxygen atoms in total. The second-order valence-electron chi connectivity index (χ2n) is 4.76. The van der Waals surface area contributed by atoms with Crippen molar-refractivity contribution in [1.82, 2.24) is 0 Å². The average molecular weight is 282 g/mol. The highest BCUT2D eigenvalue weighted by atomic mass is 16.5. The van der Waals surface area contributed by atoms with Crippen LogP contribution >= 0.6 is 0 Å². The first-order chi connectivity index (χ1) is 10.2. The molecule has 0 radical (unpaired) electrons. The van der Waals surface area contributed by atoms with Crippen LogP contribution < -0.4 is 0 Å². The Labute approximate surface area is 124 Å². The molecule has 2 aromatic rings. The molecule has 0 N–H and O–H groups in total. The van der Waals surface area contributed by atoms with Crippen LogP contribution in [0.5, 0.6) is 0 Å². The van der Waals surface area contributed by atoms with Gasteiger partial charge in [0.05, 0.1) is 6.61 Å². The summed E-state index contributed by atoms with van der Waals surface area (Å²) in [6.45, 7) is 2.03. The Morgan fingerprint density at radius 3 is 2.14 bits per heavy atom. The number of Topliss-reactive ketones (excluding diaryl/α,β-unsaturated/α-hetero) is 1. The number of rotatable bonds is 6. The van der Waals surface area contributed by atoms with Gasteiger partial charge < -0.3 is 4.74 Å². The molecular weight excluding hydrogens is 264 g/mol. The van der Waals surface area contributed by atoms with Crippen LogP contribution in [-0.4, -0.2) is 18.4 Å². The van der Waals surface area contributed by atoms with Crippen LogP contribution in [0.2, 0.25) is 0 Å². The van der Waals surface area contributed by atoms with Crippen molar-refractivity contribution in [3.05, 3.63) is 60.2 Å². The van der Waals surface area contributed by atoms with Gasteiger partial charge in [-0.25, -0.2) is 0 Å². The molecule has 2 rings (SSSR count). The Morgan fingerprint density at radius 1 is 0.905 bits per heavy atom. The fourth-order valence-corrected chi connectivity index (χ4v) is 2.11. The predicted molar refractivity (Wildman–Crippen MR) is 81.8 cm³/mol. The molecule has 0 spiro atoms. The SMILES string of the molecule is CCOC(=O)CC(=O)Cc1ccc(-c2ccccc2)cc1. The number of ether oxygens (including phenoxy) is 1. The second-order valence-corrected chi connectivity index (χ2v) is 4.76. The lowest BCUT2D eigenvalue weighted by atomic mass is 10.0. The number of hydrogen-bond acceptors (Lipinski definition) is 3. The Morgan fingerprint density at radius 2 is 1.52 bits per heavy atom. The summed E-state index contributed by atoms with van der Waals surface area (Å²) in [5.41, 5.74) is 3.16. The van der Waals surface area contributed by atoms with Gasteiger partial charge in [-0.2, -0.15) is 0 Å². The van der Waals surface area contributed by atoms with Gasteiger partial charge in [-0.15, -0.1) is 0 Å². The molecule has 0 aliphatic carbocycles. The van der Waals surface area contributed by atoms with E-state index in [0.717, 1.165) is 16.7 Å². The third-order valence-corrected chi connectivity index (χ3v) is 3.11. The molecule has 0 amide bonds. The van der Waals surface area contributed by atoms with Gasteiger partial charge >= 0.3 is 5.97 Å². The van der Waals surface area contributed by atoms with Gasteiger partial charge in [0, 0.05) is 6.42 Å². The maximum absolute atomic E-state index is 11.8. The van der Waals surface area contributed by atoms with Crippen molar-refractivity contribution in [3.8, 4) is 11.1 Å². The average Bonchev–Trinajstić information content (AvgIpc) is 2.49. The van der Waals surface area contributed by atoms with E-state index < -0.39 is 5.97 Å². The van der Waals surface area contributed by atoms with Crippen LogP contribution in [0.4, 0.5) is 0 Å². The van der Waals surface area contributed by atoms with E-state index in [1.165, 1.54) is 0 Å². The summed E-state index contributed by atoms with van der Waals surface area (Å²) >= 11 is 0. The van der Waals surface area contributed by atoms with E-state index in [-0.39, 0.29) is 18.6 Å². The monoisotopic (exact) mass is 282 g/mol. The van der Waals surface area contributed by atoms with Crippen LogP contribution in [0.1, 0.15) is 18.9 Å².